The van der Waals surface area contributed by atoms with Gasteiger partial charge in [-0.1, -0.05) is 30.3 Å². The van der Waals surface area contributed by atoms with Crippen LogP contribution in [-0.2, 0) is 11.3 Å². The van der Waals surface area contributed by atoms with Crippen molar-refractivity contribution in [3.8, 4) is 0 Å². The number of piperazine rings is 1. The van der Waals surface area contributed by atoms with Crippen molar-refractivity contribution in [2.45, 2.75) is 6.61 Å². The van der Waals surface area contributed by atoms with Crippen LogP contribution >= 0.6 is 15.9 Å². The van der Waals surface area contributed by atoms with Crippen molar-refractivity contribution in [3.63, 3.8) is 0 Å². The molecule has 0 spiro atoms. The van der Waals surface area contributed by atoms with Crippen LogP contribution in [-0.4, -0.2) is 52.4 Å². The van der Waals surface area contributed by atoms with Crippen molar-refractivity contribution < 1.29 is 9.53 Å². The first-order valence-corrected chi connectivity index (χ1v) is 7.80. The van der Waals surface area contributed by atoms with Crippen molar-refractivity contribution in [1.29, 1.82) is 0 Å². The minimum Gasteiger partial charge on any atom is -0.445 e. The molecular weight excluding hydrogens is 350 g/mol. The van der Waals surface area contributed by atoms with Gasteiger partial charge in [0.25, 0.3) is 0 Å². The largest absolute Gasteiger partial charge is 0.445 e. The van der Waals surface area contributed by atoms with Gasteiger partial charge in [0.1, 0.15) is 6.61 Å². The maximum atomic E-state index is 12.1. The van der Waals surface area contributed by atoms with Crippen LogP contribution in [0.3, 0.4) is 0 Å². The van der Waals surface area contributed by atoms with Crippen molar-refractivity contribution in [3.05, 3.63) is 40.6 Å². The molecule has 2 heterocycles. The minimum absolute atomic E-state index is 0.278. The number of hydrogen-bond donors (Lipinski definition) is 1. The van der Waals surface area contributed by atoms with Crippen molar-refractivity contribution in [2.24, 2.45) is 0 Å². The summed E-state index contributed by atoms with van der Waals surface area (Å²) in [6, 6.07) is 9.67. The number of ether oxygens (including phenoxy) is 1. The van der Waals surface area contributed by atoms with E-state index in [2.05, 4.69) is 31.1 Å². The number of carbonyl (C=O) groups excluding carboxylic acids is 1. The predicted octanol–water partition coefficient (Wildman–Crippen LogP) is 2.03. The summed E-state index contributed by atoms with van der Waals surface area (Å²) in [5.74, 6) is 0.643. The lowest BCUT2D eigenvalue weighted by molar-refractivity contribution is 0.0941. The zero-order valence-electron chi connectivity index (χ0n) is 11.9. The van der Waals surface area contributed by atoms with E-state index in [-0.39, 0.29) is 6.09 Å². The van der Waals surface area contributed by atoms with Gasteiger partial charge in [-0.3, -0.25) is 5.10 Å². The molecule has 116 valence electrons. The molecule has 1 aliphatic rings. The highest BCUT2D eigenvalue weighted by molar-refractivity contribution is 9.10. The first kappa shape index (κ1) is 14.8. The van der Waals surface area contributed by atoms with Crippen LogP contribution < -0.4 is 4.90 Å². The van der Waals surface area contributed by atoms with E-state index in [4.69, 9.17) is 4.74 Å². The molecule has 1 aromatic carbocycles. The van der Waals surface area contributed by atoms with Gasteiger partial charge in [-0.15, -0.1) is 5.10 Å². The van der Waals surface area contributed by atoms with Crippen LogP contribution in [0.15, 0.2) is 35.1 Å². The summed E-state index contributed by atoms with van der Waals surface area (Å²) >= 11 is 3.24. The van der Waals surface area contributed by atoms with Gasteiger partial charge >= 0.3 is 6.09 Å². The fourth-order valence-electron chi connectivity index (χ4n) is 2.27. The average molecular weight is 366 g/mol. The Bertz CT molecular complexity index is 625. The van der Waals surface area contributed by atoms with Crippen LogP contribution in [0.2, 0.25) is 0 Å². The SMILES string of the molecule is O=C(OCc1ccccc1)N1CCN(c2n[nH]c(Br)n2)CC1. The van der Waals surface area contributed by atoms with E-state index >= 15 is 0 Å². The molecule has 7 nitrogen and oxygen atoms in total. The second kappa shape index (κ2) is 6.78. The monoisotopic (exact) mass is 365 g/mol. The number of H-pyrrole nitrogens is 1. The number of benzene rings is 1. The highest BCUT2D eigenvalue weighted by Crippen LogP contribution is 2.14. The van der Waals surface area contributed by atoms with E-state index in [0.29, 0.717) is 43.5 Å². The molecule has 0 aliphatic carbocycles. The molecule has 1 saturated heterocycles. The molecule has 2 aromatic rings. The molecule has 1 aliphatic heterocycles. The maximum absolute atomic E-state index is 12.1. The zero-order valence-corrected chi connectivity index (χ0v) is 13.5. The minimum atomic E-state index is -0.278. The Morgan fingerprint density at radius 3 is 2.59 bits per heavy atom. The van der Waals surface area contributed by atoms with Gasteiger partial charge in [0.15, 0.2) is 4.73 Å². The van der Waals surface area contributed by atoms with Gasteiger partial charge in [0.05, 0.1) is 0 Å². The molecule has 0 unspecified atom stereocenters. The van der Waals surface area contributed by atoms with Gasteiger partial charge in [-0.25, -0.2) is 4.79 Å². The Morgan fingerprint density at radius 1 is 1.23 bits per heavy atom. The van der Waals surface area contributed by atoms with Gasteiger partial charge in [-0.2, -0.15) is 4.98 Å². The number of hydrogen-bond acceptors (Lipinski definition) is 5. The van der Waals surface area contributed by atoms with E-state index in [1.165, 1.54) is 0 Å². The summed E-state index contributed by atoms with van der Waals surface area (Å²) in [5, 5.41) is 6.84. The number of aromatic amines is 1. The molecule has 0 radical (unpaired) electrons. The molecule has 22 heavy (non-hydrogen) atoms. The third-order valence-electron chi connectivity index (χ3n) is 3.47. The first-order valence-electron chi connectivity index (χ1n) is 7.01. The predicted molar refractivity (Wildman–Crippen MR) is 84.5 cm³/mol. The number of rotatable bonds is 3. The average Bonchev–Trinajstić information content (AvgIpc) is 3.00. The zero-order chi connectivity index (χ0) is 15.4. The van der Waals surface area contributed by atoms with Crippen LogP contribution in [0, 0.1) is 0 Å². The van der Waals surface area contributed by atoms with Crippen LogP contribution in [0.1, 0.15) is 5.56 Å². The number of amides is 1. The molecule has 1 aromatic heterocycles. The van der Waals surface area contributed by atoms with Crippen molar-refractivity contribution in [2.75, 3.05) is 31.1 Å². The molecule has 0 bridgehead atoms. The Morgan fingerprint density at radius 2 is 1.95 bits per heavy atom. The summed E-state index contributed by atoms with van der Waals surface area (Å²) in [6.45, 7) is 2.86. The number of carbonyl (C=O) groups is 1. The fourth-order valence-corrected chi connectivity index (χ4v) is 2.52. The molecule has 1 amide bonds. The number of aromatic nitrogens is 3. The highest BCUT2D eigenvalue weighted by atomic mass is 79.9. The lowest BCUT2D eigenvalue weighted by Crippen LogP contribution is -2.49. The molecule has 1 fully saturated rings. The number of halogens is 1. The second-order valence-electron chi connectivity index (χ2n) is 4.94. The van der Waals surface area contributed by atoms with E-state index < -0.39 is 0 Å². The Labute approximate surface area is 136 Å². The number of anilines is 1. The number of nitrogens with zero attached hydrogens (tertiary/aromatic N) is 4. The van der Waals surface area contributed by atoms with Crippen molar-refractivity contribution in [1.82, 2.24) is 20.1 Å². The van der Waals surface area contributed by atoms with Gasteiger partial charge < -0.3 is 14.5 Å². The standard InChI is InChI=1S/C14H16BrN5O2/c15-12-16-13(18-17-12)19-6-8-20(9-7-19)14(21)22-10-11-4-2-1-3-5-11/h1-5H,6-10H2,(H,16,17,18). The molecule has 3 rings (SSSR count). The second-order valence-corrected chi connectivity index (χ2v) is 5.69. The first-order chi connectivity index (χ1) is 10.7. The van der Waals surface area contributed by atoms with Gasteiger partial charge in [0.2, 0.25) is 5.95 Å². The fraction of sp³-hybridized carbons (Fsp3) is 0.357. The summed E-state index contributed by atoms with van der Waals surface area (Å²) in [4.78, 5) is 20.0. The molecular formula is C14H16BrN5O2. The lowest BCUT2D eigenvalue weighted by Gasteiger charge is -2.33. The molecule has 1 N–H and O–H groups in total. The quantitative estimate of drug-likeness (QED) is 0.900. The van der Waals surface area contributed by atoms with E-state index in [1.807, 2.05) is 35.2 Å². The topological polar surface area (TPSA) is 74.3 Å². The summed E-state index contributed by atoms with van der Waals surface area (Å²) < 4.78 is 5.94. The summed E-state index contributed by atoms with van der Waals surface area (Å²) in [6.07, 6.45) is -0.278. The Balaban J connectivity index is 1.47. The van der Waals surface area contributed by atoms with E-state index in [9.17, 15) is 4.79 Å². The van der Waals surface area contributed by atoms with Crippen LogP contribution in [0.5, 0.6) is 0 Å². The third-order valence-corrected chi connectivity index (χ3v) is 3.83. The van der Waals surface area contributed by atoms with Crippen molar-refractivity contribution >= 4 is 28.0 Å². The maximum Gasteiger partial charge on any atom is 0.410 e. The van der Waals surface area contributed by atoms with E-state index in [1.54, 1.807) is 4.90 Å². The summed E-state index contributed by atoms with van der Waals surface area (Å²) in [7, 11) is 0. The lowest BCUT2D eigenvalue weighted by atomic mass is 10.2. The molecule has 0 atom stereocenters. The highest BCUT2D eigenvalue weighted by Gasteiger charge is 2.24. The smallest absolute Gasteiger partial charge is 0.410 e. The Kier molecular flexibility index (Phi) is 4.57. The van der Waals surface area contributed by atoms with Gasteiger partial charge in [-0.05, 0) is 21.5 Å². The van der Waals surface area contributed by atoms with E-state index in [0.717, 1.165) is 5.56 Å². The molecule has 8 heteroatoms. The van der Waals surface area contributed by atoms with Crippen LogP contribution in [0.4, 0.5) is 10.7 Å². The number of nitrogens with one attached hydrogen (secondary N) is 1. The van der Waals surface area contributed by atoms with Crippen LogP contribution in [0.25, 0.3) is 0 Å². The van der Waals surface area contributed by atoms with Gasteiger partial charge in [0, 0.05) is 26.2 Å². The normalized spacial score (nSPS) is 15.0. The summed E-state index contributed by atoms with van der Waals surface area (Å²) in [5.41, 5.74) is 0.986. The third kappa shape index (κ3) is 3.56. The Hall–Kier alpha value is -2.09. The molecule has 0 saturated carbocycles.